The van der Waals surface area contributed by atoms with Crippen LogP contribution in [0, 0.1) is 0 Å². The number of thioether (sulfide) groups is 1. The third kappa shape index (κ3) is 2.88. The Labute approximate surface area is 134 Å². The highest BCUT2D eigenvalue weighted by molar-refractivity contribution is 7.98. The average Bonchev–Trinajstić information content (AvgIpc) is 2.97. The number of hydrogen-bond acceptors (Lipinski definition) is 6. The molecule has 0 fully saturated rings. The maximum absolute atomic E-state index is 6.11. The van der Waals surface area contributed by atoms with Gasteiger partial charge in [-0.1, -0.05) is 47.1 Å². The minimum absolute atomic E-state index is 0.229. The predicted molar refractivity (Wildman–Crippen MR) is 82.6 cm³/mol. The maximum atomic E-state index is 6.11. The second-order valence-electron chi connectivity index (χ2n) is 3.95. The van der Waals surface area contributed by atoms with E-state index in [4.69, 9.17) is 27.6 Å². The zero-order valence-corrected chi connectivity index (χ0v) is 13.1. The number of hydrogen-bond donors (Lipinski definition) is 0. The Bertz CT molecular complexity index is 793. The molecular weight excluding hydrogens is 331 g/mol. The van der Waals surface area contributed by atoms with Crippen LogP contribution in [0.3, 0.4) is 0 Å². The van der Waals surface area contributed by atoms with Gasteiger partial charge in [-0.3, -0.25) is 0 Å². The van der Waals surface area contributed by atoms with E-state index in [-0.39, 0.29) is 5.89 Å². The molecular formula is C13H8Cl2N4OS. The summed E-state index contributed by atoms with van der Waals surface area (Å²) in [6.07, 6.45) is 3.38. The number of halogens is 2. The van der Waals surface area contributed by atoms with Crippen molar-refractivity contribution >= 4 is 35.0 Å². The van der Waals surface area contributed by atoms with Gasteiger partial charge in [0.05, 0.1) is 21.8 Å². The van der Waals surface area contributed by atoms with Gasteiger partial charge in [-0.05, 0) is 18.4 Å². The second kappa shape index (κ2) is 6.01. The van der Waals surface area contributed by atoms with Crippen LogP contribution in [0.1, 0.15) is 0 Å². The summed E-state index contributed by atoms with van der Waals surface area (Å²) in [6, 6.07) is 7.22. The molecule has 0 radical (unpaired) electrons. The van der Waals surface area contributed by atoms with E-state index in [2.05, 4.69) is 20.2 Å². The normalized spacial score (nSPS) is 10.8. The van der Waals surface area contributed by atoms with Crippen molar-refractivity contribution in [3.05, 3.63) is 40.5 Å². The summed E-state index contributed by atoms with van der Waals surface area (Å²) in [7, 11) is 0. The van der Waals surface area contributed by atoms with Crippen molar-refractivity contribution in [1.82, 2.24) is 20.2 Å². The van der Waals surface area contributed by atoms with E-state index in [1.165, 1.54) is 18.0 Å². The highest BCUT2D eigenvalue weighted by atomic mass is 35.5. The van der Waals surface area contributed by atoms with Crippen molar-refractivity contribution in [2.45, 2.75) is 5.16 Å². The van der Waals surface area contributed by atoms with Crippen LogP contribution in [0.25, 0.3) is 23.0 Å². The molecule has 0 aliphatic heterocycles. The van der Waals surface area contributed by atoms with E-state index in [0.29, 0.717) is 32.3 Å². The summed E-state index contributed by atoms with van der Waals surface area (Å²) < 4.78 is 5.63. The average molecular weight is 339 g/mol. The summed E-state index contributed by atoms with van der Waals surface area (Å²) in [6.45, 7) is 0. The molecule has 3 aromatic rings. The zero-order valence-electron chi connectivity index (χ0n) is 10.7. The van der Waals surface area contributed by atoms with Crippen LogP contribution in [0.4, 0.5) is 0 Å². The summed E-state index contributed by atoms with van der Waals surface area (Å²) in [4.78, 5) is 8.35. The lowest BCUT2D eigenvalue weighted by Gasteiger charge is -2.00. The van der Waals surface area contributed by atoms with Gasteiger partial charge < -0.3 is 4.42 Å². The van der Waals surface area contributed by atoms with E-state index < -0.39 is 0 Å². The Morgan fingerprint density at radius 3 is 2.57 bits per heavy atom. The van der Waals surface area contributed by atoms with Crippen molar-refractivity contribution in [1.29, 1.82) is 0 Å². The molecule has 0 aliphatic rings. The number of aromatic nitrogens is 4. The van der Waals surface area contributed by atoms with Crippen molar-refractivity contribution in [2.75, 3.05) is 6.26 Å². The van der Waals surface area contributed by atoms with Gasteiger partial charge in [0.25, 0.3) is 5.89 Å². The van der Waals surface area contributed by atoms with Gasteiger partial charge in [-0.15, -0.1) is 10.2 Å². The zero-order chi connectivity index (χ0) is 14.8. The van der Waals surface area contributed by atoms with Crippen LogP contribution in [-0.4, -0.2) is 26.4 Å². The van der Waals surface area contributed by atoms with Gasteiger partial charge in [-0.25, -0.2) is 9.97 Å². The molecule has 0 atom stereocenters. The summed E-state index contributed by atoms with van der Waals surface area (Å²) in [5, 5.41) is 9.43. The lowest BCUT2D eigenvalue weighted by Crippen LogP contribution is -1.91. The minimum atomic E-state index is 0.229. The molecule has 5 nitrogen and oxygen atoms in total. The van der Waals surface area contributed by atoms with Crippen molar-refractivity contribution in [3.63, 3.8) is 0 Å². The molecule has 1 aromatic carbocycles. The summed E-state index contributed by atoms with van der Waals surface area (Å²) in [5.74, 6) is 0.545. The van der Waals surface area contributed by atoms with Crippen LogP contribution < -0.4 is 0 Å². The molecule has 0 bridgehead atoms. The quantitative estimate of drug-likeness (QED) is 0.526. The first-order valence-electron chi connectivity index (χ1n) is 5.84. The van der Waals surface area contributed by atoms with Crippen molar-refractivity contribution < 1.29 is 4.42 Å². The Balaban J connectivity index is 2.05. The van der Waals surface area contributed by atoms with Crippen LogP contribution >= 0.6 is 35.0 Å². The van der Waals surface area contributed by atoms with E-state index in [9.17, 15) is 0 Å². The molecule has 2 heterocycles. The third-order valence-electron chi connectivity index (χ3n) is 2.64. The molecule has 0 saturated heterocycles. The third-order valence-corrected chi connectivity index (χ3v) is 3.80. The largest absolute Gasteiger partial charge is 0.414 e. The van der Waals surface area contributed by atoms with Gasteiger partial charge in [0, 0.05) is 0 Å². The smallest absolute Gasteiger partial charge is 0.268 e. The van der Waals surface area contributed by atoms with Gasteiger partial charge in [-0.2, -0.15) is 0 Å². The molecule has 0 N–H and O–H groups in total. The summed E-state index contributed by atoms with van der Waals surface area (Å²) >= 11 is 13.6. The second-order valence-corrected chi connectivity index (χ2v) is 5.53. The lowest BCUT2D eigenvalue weighted by atomic mass is 10.2. The first kappa shape index (κ1) is 14.3. The van der Waals surface area contributed by atoms with Crippen LogP contribution in [0.2, 0.25) is 10.0 Å². The molecule has 106 valence electrons. The van der Waals surface area contributed by atoms with Crippen LogP contribution in [0.5, 0.6) is 0 Å². The highest BCUT2D eigenvalue weighted by Crippen LogP contribution is 2.31. The van der Waals surface area contributed by atoms with Gasteiger partial charge in [0.15, 0.2) is 10.9 Å². The van der Waals surface area contributed by atoms with E-state index in [1.807, 2.05) is 18.4 Å². The highest BCUT2D eigenvalue weighted by Gasteiger charge is 2.17. The molecule has 8 heteroatoms. The molecule has 0 saturated carbocycles. The molecule has 0 spiro atoms. The van der Waals surface area contributed by atoms with E-state index in [0.717, 1.165) is 0 Å². The lowest BCUT2D eigenvalue weighted by molar-refractivity contribution is 0.581. The molecule has 0 unspecified atom stereocenters. The van der Waals surface area contributed by atoms with Gasteiger partial charge in [0.2, 0.25) is 5.89 Å². The van der Waals surface area contributed by atoms with Crippen LogP contribution in [-0.2, 0) is 0 Å². The Morgan fingerprint density at radius 1 is 1.05 bits per heavy atom. The van der Waals surface area contributed by atoms with Gasteiger partial charge >= 0.3 is 0 Å². The number of benzene rings is 1. The fraction of sp³-hybridized carbons (Fsp3) is 0.0769. The minimum Gasteiger partial charge on any atom is -0.414 e. The maximum Gasteiger partial charge on any atom is 0.268 e. The number of rotatable bonds is 3. The van der Waals surface area contributed by atoms with Gasteiger partial charge in [0.1, 0.15) is 0 Å². The molecule has 0 aliphatic carbocycles. The standard InChI is InChI=1S/C13H8Cl2N4OS/c1-21-13-16-6-9(15)10(17-13)12-19-18-11(20-12)7-4-2-3-5-8(7)14/h2-6H,1H3. The fourth-order valence-corrected chi connectivity index (χ4v) is 2.39. The van der Waals surface area contributed by atoms with Crippen LogP contribution in [0.15, 0.2) is 40.0 Å². The Morgan fingerprint density at radius 2 is 1.81 bits per heavy atom. The number of nitrogens with zero attached hydrogens (tertiary/aromatic N) is 4. The Kier molecular flexibility index (Phi) is 4.10. The van der Waals surface area contributed by atoms with E-state index >= 15 is 0 Å². The molecule has 2 aromatic heterocycles. The van der Waals surface area contributed by atoms with E-state index in [1.54, 1.807) is 12.1 Å². The Hall–Kier alpha value is -1.63. The topological polar surface area (TPSA) is 64.7 Å². The summed E-state index contributed by atoms with van der Waals surface area (Å²) in [5.41, 5.74) is 1.06. The SMILES string of the molecule is CSc1ncc(Cl)c(-c2nnc(-c3ccccc3Cl)o2)n1. The van der Waals surface area contributed by atoms with Crippen molar-refractivity contribution in [3.8, 4) is 23.0 Å². The first-order chi connectivity index (χ1) is 10.2. The monoisotopic (exact) mass is 338 g/mol. The first-order valence-corrected chi connectivity index (χ1v) is 7.82. The molecule has 0 amide bonds. The fourth-order valence-electron chi connectivity index (χ4n) is 1.66. The predicted octanol–water partition coefficient (Wildman–Crippen LogP) is 4.22. The molecule has 3 rings (SSSR count). The molecule has 21 heavy (non-hydrogen) atoms. The van der Waals surface area contributed by atoms with Crippen molar-refractivity contribution in [2.24, 2.45) is 0 Å².